The lowest BCUT2D eigenvalue weighted by Crippen LogP contribution is -2.45. The summed E-state index contributed by atoms with van der Waals surface area (Å²) >= 11 is 0. The third-order valence-electron chi connectivity index (χ3n) is 4.85. The van der Waals surface area contributed by atoms with E-state index in [-0.39, 0.29) is 17.9 Å². The van der Waals surface area contributed by atoms with Crippen LogP contribution in [0.25, 0.3) is 0 Å². The van der Waals surface area contributed by atoms with E-state index in [1.54, 1.807) is 0 Å². The predicted molar refractivity (Wildman–Crippen MR) is 77.7 cm³/mol. The molecule has 21 heavy (non-hydrogen) atoms. The second kappa shape index (κ2) is 6.56. The highest BCUT2D eigenvalue weighted by atomic mass is 16.5. The van der Waals surface area contributed by atoms with E-state index in [1.807, 2.05) is 0 Å². The molecule has 6 nitrogen and oxygen atoms in total. The minimum absolute atomic E-state index is 0.0384. The molecule has 2 aliphatic rings. The van der Waals surface area contributed by atoms with Crippen molar-refractivity contribution in [1.29, 1.82) is 0 Å². The van der Waals surface area contributed by atoms with Crippen molar-refractivity contribution in [3.8, 4) is 0 Å². The van der Waals surface area contributed by atoms with E-state index in [4.69, 9.17) is 4.74 Å². The van der Waals surface area contributed by atoms with Crippen molar-refractivity contribution in [2.45, 2.75) is 51.5 Å². The van der Waals surface area contributed by atoms with E-state index in [0.717, 1.165) is 56.7 Å². The summed E-state index contributed by atoms with van der Waals surface area (Å²) in [5.41, 5.74) is 1.98. The monoisotopic (exact) mass is 292 g/mol. The van der Waals surface area contributed by atoms with Crippen LogP contribution < -0.4 is 5.32 Å². The molecule has 0 bridgehead atoms. The van der Waals surface area contributed by atoms with Crippen LogP contribution in [0.3, 0.4) is 0 Å². The maximum absolute atomic E-state index is 12.5. The number of carbonyl (C=O) groups is 1. The number of aryl methyl sites for hydroxylation is 1. The fourth-order valence-corrected chi connectivity index (χ4v) is 3.48. The molecule has 0 saturated carbocycles. The Morgan fingerprint density at radius 3 is 2.86 bits per heavy atom. The van der Waals surface area contributed by atoms with Crippen LogP contribution in [0, 0.1) is 11.8 Å². The number of H-pyrrole nitrogens is 1. The van der Waals surface area contributed by atoms with Crippen molar-refractivity contribution in [2.24, 2.45) is 11.8 Å². The number of rotatable bonds is 4. The van der Waals surface area contributed by atoms with E-state index in [0.29, 0.717) is 12.3 Å². The fraction of sp³-hybridized carbons (Fsp3) is 0.800. The highest BCUT2D eigenvalue weighted by Crippen LogP contribution is 2.25. The van der Waals surface area contributed by atoms with Crippen LogP contribution in [0.5, 0.6) is 0 Å². The number of nitrogens with one attached hydrogen (secondary N) is 2. The molecule has 2 atom stereocenters. The Kier molecular flexibility index (Phi) is 4.53. The Balaban J connectivity index is 1.57. The number of amides is 1. The molecule has 0 aromatic carbocycles. The number of aromatic nitrogens is 3. The molecule has 1 amide bonds. The molecule has 1 fully saturated rings. The van der Waals surface area contributed by atoms with E-state index in [9.17, 15) is 4.79 Å². The molecule has 1 aromatic heterocycles. The average molecular weight is 292 g/mol. The summed E-state index contributed by atoms with van der Waals surface area (Å²) in [6.07, 6.45) is 5.52. The first kappa shape index (κ1) is 14.5. The molecule has 2 heterocycles. The molecule has 116 valence electrons. The molecule has 1 aromatic rings. The molecular weight excluding hydrogens is 268 g/mol. The van der Waals surface area contributed by atoms with Crippen LogP contribution in [0.4, 0.5) is 0 Å². The minimum atomic E-state index is 0.0384. The van der Waals surface area contributed by atoms with Gasteiger partial charge in [0.15, 0.2) is 0 Å². The van der Waals surface area contributed by atoms with Gasteiger partial charge in [-0.1, -0.05) is 6.92 Å². The summed E-state index contributed by atoms with van der Waals surface area (Å²) in [7, 11) is 0. The number of carbonyl (C=O) groups excluding carboxylic acids is 1. The summed E-state index contributed by atoms with van der Waals surface area (Å²) in [6.45, 7) is 3.79. The van der Waals surface area contributed by atoms with Crippen molar-refractivity contribution in [1.82, 2.24) is 20.7 Å². The van der Waals surface area contributed by atoms with Gasteiger partial charge in [-0.05, 0) is 38.0 Å². The number of hydrogen-bond acceptors (Lipinski definition) is 4. The summed E-state index contributed by atoms with van der Waals surface area (Å²) in [4.78, 5) is 12.5. The van der Waals surface area contributed by atoms with Gasteiger partial charge >= 0.3 is 0 Å². The Labute approximate surface area is 125 Å². The van der Waals surface area contributed by atoms with E-state index >= 15 is 0 Å². The van der Waals surface area contributed by atoms with Gasteiger partial charge in [-0.25, -0.2) is 0 Å². The topological polar surface area (TPSA) is 79.9 Å². The first-order valence-electron chi connectivity index (χ1n) is 8.04. The van der Waals surface area contributed by atoms with Gasteiger partial charge in [-0.2, -0.15) is 15.4 Å². The summed E-state index contributed by atoms with van der Waals surface area (Å²) < 4.78 is 5.41. The lowest BCUT2D eigenvalue weighted by Gasteiger charge is -2.32. The Morgan fingerprint density at radius 2 is 2.10 bits per heavy atom. The number of nitrogens with zero attached hydrogens (tertiary/aromatic N) is 2. The Morgan fingerprint density at radius 1 is 1.33 bits per heavy atom. The van der Waals surface area contributed by atoms with Crippen LogP contribution in [-0.2, 0) is 22.4 Å². The Hall–Kier alpha value is -1.43. The first-order chi connectivity index (χ1) is 10.3. The van der Waals surface area contributed by atoms with Gasteiger partial charge in [0.25, 0.3) is 0 Å². The van der Waals surface area contributed by atoms with Crippen molar-refractivity contribution >= 4 is 5.91 Å². The molecule has 1 aliphatic carbocycles. The molecular formula is C15H24N4O2. The number of ether oxygens (including phenoxy) is 1. The average Bonchev–Trinajstić information content (AvgIpc) is 3.00. The van der Waals surface area contributed by atoms with Gasteiger partial charge in [0.1, 0.15) is 0 Å². The molecule has 0 radical (unpaired) electrons. The maximum Gasteiger partial charge on any atom is 0.223 e. The molecule has 3 rings (SSSR count). The van der Waals surface area contributed by atoms with Gasteiger partial charge in [-0.15, -0.1) is 0 Å². The summed E-state index contributed by atoms with van der Waals surface area (Å²) in [6, 6.07) is 0.278. The zero-order valence-electron chi connectivity index (χ0n) is 12.6. The number of fused-ring (bicyclic) bond motifs is 1. The second-order valence-corrected chi connectivity index (χ2v) is 6.13. The fourth-order valence-electron chi connectivity index (χ4n) is 3.48. The summed E-state index contributed by atoms with van der Waals surface area (Å²) in [5.74, 6) is 0.775. The summed E-state index contributed by atoms with van der Waals surface area (Å²) in [5, 5.41) is 14.2. The first-order valence-corrected chi connectivity index (χ1v) is 8.04. The second-order valence-electron chi connectivity index (χ2n) is 6.13. The van der Waals surface area contributed by atoms with Gasteiger partial charge < -0.3 is 10.1 Å². The van der Waals surface area contributed by atoms with Crippen LogP contribution >= 0.6 is 0 Å². The minimum Gasteiger partial charge on any atom is -0.381 e. The van der Waals surface area contributed by atoms with Crippen molar-refractivity contribution in [2.75, 3.05) is 13.2 Å². The Bertz CT molecular complexity index is 482. The highest BCUT2D eigenvalue weighted by molar-refractivity contribution is 5.79. The standard InChI is InChI=1S/C15H24N4O2/c1-2-12(10-5-7-21-8-6-10)16-15(20)11-3-4-13-14(9-11)18-19-17-13/h10-12H,2-9H2,1H3,(H,16,20)(H,17,18,19)/t11-,12-/m0/s1. The van der Waals surface area contributed by atoms with Crippen LogP contribution in [0.1, 0.15) is 44.0 Å². The van der Waals surface area contributed by atoms with Gasteiger partial charge in [0.2, 0.25) is 5.91 Å². The maximum atomic E-state index is 12.5. The van der Waals surface area contributed by atoms with Gasteiger partial charge in [-0.3, -0.25) is 4.79 Å². The van der Waals surface area contributed by atoms with Crippen LogP contribution in [0.2, 0.25) is 0 Å². The number of hydrogen-bond donors (Lipinski definition) is 2. The van der Waals surface area contributed by atoms with E-state index in [1.165, 1.54) is 0 Å². The normalized spacial score (nSPS) is 24.3. The molecule has 0 unspecified atom stereocenters. The molecule has 2 N–H and O–H groups in total. The SMILES string of the molecule is CC[C@H](NC(=O)[C@H]1CCc2n[nH]nc2C1)C1CCOCC1. The lowest BCUT2D eigenvalue weighted by atomic mass is 9.86. The molecule has 1 saturated heterocycles. The molecule has 1 aliphatic heterocycles. The van der Waals surface area contributed by atoms with Crippen molar-refractivity contribution in [3.63, 3.8) is 0 Å². The van der Waals surface area contributed by atoms with E-state index < -0.39 is 0 Å². The largest absolute Gasteiger partial charge is 0.381 e. The molecule has 6 heteroatoms. The van der Waals surface area contributed by atoms with Crippen LogP contribution in [0.15, 0.2) is 0 Å². The van der Waals surface area contributed by atoms with Crippen molar-refractivity contribution < 1.29 is 9.53 Å². The zero-order chi connectivity index (χ0) is 14.7. The highest BCUT2D eigenvalue weighted by Gasteiger charge is 2.30. The number of aromatic amines is 1. The molecule has 0 spiro atoms. The van der Waals surface area contributed by atoms with Gasteiger partial charge in [0, 0.05) is 31.6 Å². The zero-order valence-corrected chi connectivity index (χ0v) is 12.6. The van der Waals surface area contributed by atoms with E-state index in [2.05, 4.69) is 27.7 Å². The third kappa shape index (κ3) is 3.26. The quantitative estimate of drug-likeness (QED) is 0.875. The smallest absolute Gasteiger partial charge is 0.223 e. The van der Waals surface area contributed by atoms with Crippen molar-refractivity contribution in [3.05, 3.63) is 11.4 Å². The van der Waals surface area contributed by atoms with Gasteiger partial charge in [0.05, 0.1) is 11.4 Å². The van der Waals surface area contributed by atoms with Crippen LogP contribution in [-0.4, -0.2) is 40.6 Å². The predicted octanol–water partition coefficient (Wildman–Crippen LogP) is 1.23. The third-order valence-corrected chi connectivity index (χ3v) is 4.85. The lowest BCUT2D eigenvalue weighted by molar-refractivity contribution is -0.126.